The first kappa shape index (κ1) is 13.0. The number of hydrogen-bond acceptors (Lipinski definition) is 2. The first-order chi connectivity index (χ1) is 8.42. The van der Waals surface area contributed by atoms with Gasteiger partial charge in [-0.25, -0.2) is 8.78 Å². The minimum atomic E-state index is -0.992. The van der Waals surface area contributed by atoms with Gasteiger partial charge < -0.3 is 10.2 Å². The van der Waals surface area contributed by atoms with E-state index in [0.717, 1.165) is 12.1 Å². The van der Waals surface area contributed by atoms with Crippen LogP contribution in [0.3, 0.4) is 0 Å². The van der Waals surface area contributed by atoms with Crippen molar-refractivity contribution in [3.05, 3.63) is 35.4 Å². The molecule has 1 aliphatic rings. The van der Waals surface area contributed by atoms with Crippen LogP contribution in [0.5, 0.6) is 0 Å². The van der Waals surface area contributed by atoms with Gasteiger partial charge in [-0.2, -0.15) is 0 Å². The number of nitrogens with zero attached hydrogens (tertiary/aromatic N) is 1. The van der Waals surface area contributed by atoms with Gasteiger partial charge in [0.25, 0.3) is 5.91 Å². The Hall–Kier alpha value is -1.49. The van der Waals surface area contributed by atoms with Crippen LogP contribution in [0, 0.1) is 11.6 Å². The second-order valence-electron chi connectivity index (χ2n) is 5.07. The zero-order chi connectivity index (χ0) is 13.3. The topological polar surface area (TPSA) is 32.3 Å². The summed E-state index contributed by atoms with van der Waals surface area (Å²) in [7, 11) is 0. The van der Waals surface area contributed by atoms with E-state index < -0.39 is 11.6 Å². The Bertz CT molecular complexity index is 474. The van der Waals surface area contributed by atoms with Gasteiger partial charge in [-0.05, 0) is 32.0 Å². The molecular weight excluding hydrogens is 238 g/mol. The van der Waals surface area contributed by atoms with Gasteiger partial charge in [0, 0.05) is 25.2 Å². The molecule has 0 aliphatic carbocycles. The molecule has 98 valence electrons. The van der Waals surface area contributed by atoms with Crippen LogP contribution in [-0.2, 0) is 0 Å². The fourth-order valence-electron chi connectivity index (χ4n) is 2.14. The summed E-state index contributed by atoms with van der Waals surface area (Å²) in [6, 6.07) is 3.26. The Morgan fingerprint density at radius 3 is 2.67 bits per heavy atom. The normalized spacial score (nSPS) is 18.8. The molecule has 0 radical (unpaired) electrons. The van der Waals surface area contributed by atoms with Gasteiger partial charge in [0.15, 0.2) is 11.6 Å². The number of hydrogen-bond donors (Lipinski definition) is 1. The van der Waals surface area contributed by atoms with E-state index in [1.54, 1.807) is 4.90 Å². The molecule has 0 bridgehead atoms. The fourth-order valence-corrected chi connectivity index (χ4v) is 2.14. The van der Waals surface area contributed by atoms with E-state index >= 15 is 0 Å². The number of carbonyl (C=O) groups is 1. The van der Waals surface area contributed by atoms with Crippen molar-refractivity contribution in [3.8, 4) is 0 Å². The summed E-state index contributed by atoms with van der Waals surface area (Å²) in [5, 5.41) is 3.20. The lowest BCUT2D eigenvalue weighted by atomic mass is 9.98. The molecule has 1 amide bonds. The van der Waals surface area contributed by atoms with Crippen molar-refractivity contribution in [2.24, 2.45) is 0 Å². The molecule has 0 aromatic heterocycles. The van der Waals surface area contributed by atoms with Gasteiger partial charge in [-0.15, -0.1) is 0 Å². The smallest absolute Gasteiger partial charge is 0.254 e. The maximum Gasteiger partial charge on any atom is 0.254 e. The molecular formula is C13H16F2N2O. The Morgan fingerprint density at radius 2 is 2.06 bits per heavy atom. The molecule has 0 unspecified atom stereocenters. The predicted octanol–water partition coefficient (Wildman–Crippen LogP) is 1.79. The molecule has 18 heavy (non-hydrogen) atoms. The SMILES string of the molecule is CC1(C)CNCCN1C(=O)c1ccc(F)c(F)c1. The summed E-state index contributed by atoms with van der Waals surface area (Å²) >= 11 is 0. The van der Waals surface area contributed by atoms with Gasteiger partial charge in [-0.3, -0.25) is 4.79 Å². The Kier molecular flexibility index (Phi) is 3.34. The zero-order valence-corrected chi connectivity index (χ0v) is 10.5. The van der Waals surface area contributed by atoms with Crippen molar-refractivity contribution in [1.29, 1.82) is 0 Å². The second kappa shape index (κ2) is 4.65. The average Bonchev–Trinajstić information content (AvgIpc) is 2.31. The van der Waals surface area contributed by atoms with Crippen LogP contribution in [0.1, 0.15) is 24.2 Å². The molecule has 0 saturated carbocycles. The van der Waals surface area contributed by atoms with Crippen LogP contribution in [0.25, 0.3) is 0 Å². The van der Waals surface area contributed by atoms with Gasteiger partial charge in [0.1, 0.15) is 0 Å². The van der Waals surface area contributed by atoms with Crippen LogP contribution in [0.4, 0.5) is 8.78 Å². The molecule has 2 rings (SSSR count). The molecule has 1 saturated heterocycles. The zero-order valence-electron chi connectivity index (χ0n) is 10.5. The molecule has 1 heterocycles. The molecule has 5 heteroatoms. The number of rotatable bonds is 1. The Labute approximate surface area is 105 Å². The van der Waals surface area contributed by atoms with E-state index in [9.17, 15) is 13.6 Å². The minimum absolute atomic E-state index is 0.184. The van der Waals surface area contributed by atoms with E-state index in [1.165, 1.54) is 6.07 Å². The highest BCUT2D eigenvalue weighted by atomic mass is 19.2. The number of nitrogens with one attached hydrogen (secondary N) is 1. The lowest BCUT2D eigenvalue weighted by Crippen LogP contribution is -2.59. The molecule has 3 nitrogen and oxygen atoms in total. The standard InChI is InChI=1S/C13H16F2N2O/c1-13(2)8-16-5-6-17(13)12(18)9-3-4-10(14)11(15)7-9/h3-4,7,16H,5-6,8H2,1-2H3. The van der Waals surface area contributed by atoms with Crippen LogP contribution >= 0.6 is 0 Å². The monoisotopic (exact) mass is 254 g/mol. The molecule has 1 aliphatic heterocycles. The Morgan fingerprint density at radius 1 is 1.33 bits per heavy atom. The van der Waals surface area contributed by atoms with Crippen LogP contribution in [-0.4, -0.2) is 36.0 Å². The molecule has 1 aromatic rings. The van der Waals surface area contributed by atoms with E-state index in [-0.39, 0.29) is 17.0 Å². The third kappa shape index (κ3) is 2.36. The maximum atomic E-state index is 13.1. The van der Waals surface area contributed by atoms with E-state index in [2.05, 4.69) is 5.32 Å². The van der Waals surface area contributed by atoms with E-state index in [1.807, 2.05) is 13.8 Å². The van der Waals surface area contributed by atoms with Crippen molar-refractivity contribution in [2.45, 2.75) is 19.4 Å². The quantitative estimate of drug-likeness (QED) is 0.828. The van der Waals surface area contributed by atoms with E-state index in [0.29, 0.717) is 19.6 Å². The number of amides is 1. The summed E-state index contributed by atoms with van der Waals surface area (Å²) in [5.41, 5.74) is -0.149. The van der Waals surface area contributed by atoms with Gasteiger partial charge in [0.2, 0.25) is 0 Å². The average molecular weight is 254 g/mol. The lowest BCUT2D eigenvalue weighted by Gasteiger charge is -2.42. The second-order valence-corrected chi connectivity index (χ2v) is 5.07. The fraction of sp³-hybridized carbons (Fsp3) is 0.462. The summed E-state index contributed by atoms with van der Waals surface area (Å²) in [6.07, 6.45) is 0. The summed E-state index contributed by atoms with van der Waals surface area (Å²) in [5.74, 6) is -2.19. The first-order valence-electron chi connectivity index (χ1n) is 5.89. The van der Waals surface area contributed by atoms with Crippen LogP contribution < -0.4 is 5.32 Å². The van der Waals surface area contributed by atoms with Crippen LogP contribution in [0.15, 0.2) is 18.2 Å². The van der Waals surface area contributed by atoms with Gasteiger partial charge in [-0.1, -0.05) is 0 Å². The van der Waals surface area contributed by atoms with Crippen molar-refractivity contribution in [2.75, 3.05) is 19.6 Å². The number of benzene rings is 1. The molecule has 0 spiro atoms. The molecule has 1 fully saturated rings. The third-order valence-electron chi connectivity index (χ3n) is 3.21. The predicted molar refractivity (Wildman–Crippen MR) is 64.3 cm³/mol. The molecule has 1 N–H and O–H groups in total. The number of carbonyl (C=O) groups excluding carboxylic acids is 1. The van der Waals surface area contributed by atoms with Crippen LogP contribution in [0.2, 0.25) is 0 Å². The van der Waals surface area contributed by atoms with Crippen molar-refractivity contribution in [3.63, 3.8) is 0 Å². The van der Waals surface area contributed by atoms with Crippen molar-refractivity contribution < 1.29 is 13.6 Å². The highest BCUT2D eigenvalue weighted by Crippen LogP contribution is 2.20. The molecule has 0 atom stereocenters. The van der Waals surface area contributed by atoms with Gasteiger partial charge >= 0.3 is 0 Å². The van der Waals surface area contributed by atoms with Gasteiger partial charge in [0.05, 0.1) is 5.54 Å². The summed E-state index contributed by atoms with van der Waals surface area (Å²) < 4.78 is 26.0. The highest BCUT2D eigenvalue weighted by Gasteiger charge is 2.33. The minimum Gasteiger partial charge on any atom is -0.331 e. The largest absolute Gasteiger partial charge is 0.331 e. The van der Waals surface area contributed by atoms with E-state index in [4.69, 9.17) is 0 Å². The lowest BCUT2D eigenvalue weighted by molar-refractivity contribution is 0.0477. The van der Waals surface area contributed by atoms with Crippen molar-refractivity contribution >= 4 is 5.91 Å². The number of halogens is 2. The first-order valence-corrected chi connectivity index (χ1v) is 5.89. The third-order valence-corrected chi connectivity index (χ3v) is 3.21. The van der Waals surface area contributed by atoms with Crippen molar-refractivity contribution in [1.82, 2.24) is 10.2 Å². The molecule has 1 aromatic carbocycles. The summed E-state index contributed by atoms with van der Waals surface area (Å²) in [4.78, 5) is 14.0. The maximum absolute atomic E-state index is 13.1. The number of piperazine rings is 1. The Balaban J connectivity index is 2.27. The summed E-state index contributed by atoms with van der Waals surface area (Å²) in [6.45, 7) is 5.83. The highest BCUT2D eigenvalue weighted by molar-refractivity contribution is 5.94.